The van der Waals surface area contributed by atoms with Crippen LogP contribution in [0.4, 0.5) is 10.7 Å². The van der Waals surface area contributed by atoms with Crippen molar-refractivity contribution in [3.8, 4) is 0 Å². The second-order valence-corrected chi connectivity index (χ2v) is 13.5. The van der Waals surface area contributed by atoms with Gasteiger partial charge in [0.05, 0.1) is 24.5 Å². The summed E-state index contributed by atoms with van der Waals surface area (Å²) in [6.07, 6.45) is 2.05. The summed E-state index contributed by atoms with van der Waals surface area (Å²) in [5.41, 5.74) is 2.68. The van der Waals surface area contributed by atoms with Crippen LogP contribution in [-0.4, -0.2) is 53.4 Å². The van der Waals surface area contributed by atoms with E-state index in [-0.39, 0.29) is 29.9 Å². The van der Waals surface area contributed by atoms with Gasteiger partial charge in [-0.15, -0.1) is 23.1 Å². The Balaban J connectivity index is 1.27. The van der Waals surface area contributed by atoms with Crippen LogP contribution in [0, 0.1) is 0 Å². The fourth-order valence-corrected chi connectivity index (χ4v) is 7.17. The van der Waals surface area contributed by atoms with Crippen molar-refractivity contribution in [2.45, 2.75) is 31.7 Å². The number of thiophene rings is 1. The maximum absolute atomic E-state index is 13.5. The highest BCUT2D eigenvalue weighted by Gasteiger charge is 2.30. The van der Waals surface area contributed by atoms with Gasteiger partial charge in [0.25, 0.3) is 11.8 Å². The van der Waals surface area contributed by atoms with Crippen LogP contribution >= 0.6 is 34.7 Å². The van der Waals surface area contributed by atoms with E-state index in [1.165, 1.54) is 30.0 Å². The fourth-order valence-electron chi connectivity index (χ4n) is 5.02. The second kappa shape index (κ2) is 16.5. The number of nitrogens with one attached hydrogen (secondary N) is 3. The number of hydrogen-bond acceptors (Lipinski definition) is 8. The number of carbonyl (C=O) groups excluding carboxylic acids is 5. The van der Waals surface area contributed by atoms with Crippen LogP contribution in [0.5, 0.6) is 0 Å². The quantitative estimate of drug-likeness (QED) is 0.0902. The third-order valence-electron chi connectivity index (χ3n) is 7.41. The van der Waals surface area contributed by atoms with Gasteiger partial charge in [0.1, 0.15) is 10.7 Å². The first-order valence-corrected chi connectivity index (χ1v) is 17.5. The van der Waals surface area contributed by atoms with E-state index >= 15 is 0 Å². The molecule has 0 spiro atoms. The van der Waals surface area contributed by atoms with Gasteiger partial charge in [0, 0.05) is 39.5 Å². The van der Waals surface area contributed by atoms with E-state index in [2.05, 4.69) is 16.0 Å². The molecule has 4 amide bonds. The first-order chi connectivity index (χ1) is 23.6. The predicted molar refractivity (Wildman–Crippen MR) is 193 cm³/mol. The summed E-state index contributed by atoms with van der Waals surface area (Å²) in [7, 11) is 0. The van der Waals surface area contributed by atoms with Crippen molar-refractivity contribution in [3.63, 3.8) is 0 Å². The van der Waals surface area contributed by atoms with E-state index in [9.17, 15) is 24.0 Å². The van der Waals surface area contributed by atoms with Crippen molar-refractivity contribution in [2.75, 3.05) is 29.5 Å². The summed E-state index contributed by atoms with van der Waals surface area (Å²) < 4.78 is 5.29. The molecule has 0 saturated heterocycles. The zero-order chi connectivity index (χ0) is 34.9. The summed E-state index contributed by atoms with van der Waals surface area (Å²) in [5.74, 6) is -1.86. The number of ether oxygens (including phenoxy) is 1. The summed E-state index contributed by atoms with van der Waals surface area (Å²) >= 11 is 8.55. The van der Waals surface area contributed by atoms with Gasteiger partial charge >= 0.3 is 5.97 Å². The highest BCUT2D eigenvalue weighted by Crippen LogP contribution is 2.38. The lowest BCUT2D eigenvalue weighted by atomic mass is 10.0. The molecule has 1 aliphatic rings. The van der Waals surface area contributed by atoms with Gasteiger partial charge in [-0.2, -0.15) is 0 Å². The van der Waals surface area contributed by atoms with Crippen molar-refractivity contribution in [1.82, 2.24) is 10.2 Å². The predicted octanol–water partition coefficient (Wildman–Crippen LogP) is 6.62. The van der Waals surface area contributed by atoms with E-state index in [0.717, 1.165) is 10.4 Å². The first-order valence-electron chi connectivity index (χ1n) is 15.4. The topological polar surface area (TPSA) is 134 Å². The van der Waals surface area contributed by atoms with E-state index in [0.29, 0.717) is 56.8 Å². The average molecular weight is 717 g/mol. The Bertz CT molecular complexity index is 1910. The lowest BCUT2D eigenvalue weighted by molar-refractivity contribution is -0.129. The molecule has 0 unspecified atom stereocenters. The van der Waals surface area contributed by atoms with Crippen LogP contribution in [0.25, 0.3) is 6.08 Å². The molecule has 0 atom stereocenters. The molecule has 0 saturated carbocycles. The third kappa shape index (κ3) is 9.38. The number of carbonyl (C=O) groups is 5. The minimum Gasteiger partial charge on any atom is -0.462 e. The van der Waals surface area contributed by atoms with E-state index in [4.69, 9.17) is 16.3 Å². The Morgan fingerprint density at radius 3 is 2.45 bits per heavy atom. The number of amides is 4. The Labute approximate surface area is 296 Å². The number of hydrogen-bond donors (Lipinski definition) is 3. The van der Waals surface area contributed by atoms with Crippen molar-refractivity contribution in [1.29, 1.82) is 0 Å². The Morgan fingerprint density at radius 1 is 0.980 bits per heavy atom. The van der Waals surface area contributed by atoms with Gasteiger partial charge in [0.15, 0.2) is 0 Å². The maximum Gasteiger partial charge on any atom is 0.341 e. The smallest absolute Gasteiger partial charge is 0.341 e. The highest BCUT2D eigenvalue weighted by atomic mass is 35.5. The van der Waals surface area contributed by atoms with E-state index < -0.39 is 17.8 Å². The van der Waals surface area contributed by atoms with Crippen LogP contribution < -0.4 is 16.0 Å². The molecular formula is C36H33ClN4O6S2. The molecule has 252 valence electrons. The normalized spacial score (nSPS) is 12.5. The maximum atomic E-state index is 13.5. The number of halogens is 1. The van der Waals surface area contributed by atoms with E-state index in [1.807, 2.05) is 0 Å². The Morgan fingerprint density at radius 2 is 1.73 bits per heavy atom. The SMILES string of the molecule is CCOC(=O)c1c(NC(=O)CSc2cccc(NC(=O)/C(=C/c3ccc(Cl)cc3)NC(=O)c3ccccc3)c2)sc2c1CCN(C(C)=O)C2. The molecule has 0 fully saturated rings. The van der Waals surface area contributed by atoms with Crippen molar-refractivity contribution >= 4 is 81.1 Å². The minimum atomic E-state index is -0.546. The summed E-state index contributed by atoms with van der Waals surface area (Å²) in [4.78, 5) is 67.6. The summed E-state index contributed by atoms with van der Waals surface area (Å²) in [6, 6.07) is 22.4. The Kier molecular flexibility index (Phi) is 11.9. The molecular weight excluding hydrogens is 684 g/mol. The fraction of sp³-hybridized carbons (Fsp3) is 0.194. The molecule has 10 nitrogen and oxygen atoms in total. The highest BCUT2D eigenvalue weighted by molar-refractivity contribution is 8.00. The molecule has 4 aromatic rings. The van der Waals surface area contributed by atoms with Crippen molar-refractivity contribution in [3.05, 3.63) is 117 Å². The molecule has 0 radical (unpaired) electrons. The Hall–Kier alpha value is -4.91. The van der Waals surface area contributed by atoms with E-state index in [1.54, 1.807) is 96.8 Å². The third-order valence-corrected chi connectivity index (χ3v) is 9.78. The molecule has 0 aliphatic carbocycles. The zero-order valence-corrected chi connectivity index (χ0v) is 29.1. The van der Waals surface area contributed by atoms with Gasteiger partial charge in [-0.05, 0) is 73.0 Å². The number of nitrogens with zero attached hydrogens (tertiary/aromatic N) is 1. The molecule has 0 bridgehead atoms. The van der Waals surface area contributed by atoms with Gasteiger partial charge in [-0.3, -0.25) is 19.2 Å². The number of thioether (sulfide) groups is 1. The molecule has 1 aromatic heterocycles. The average Bonchev–Trinajstić information content (AvgIpc) is 3.45. The summed E-state index contributed by atoms with van der Waals surface area (Å²) in [6.45, 7) is 4.27. The number of esters is 1. The van der Waals surface area contributed by atoms with Gasteiger partial charge in [0.2, 0.25) is 11.8 Å². The van der Waals surface area contributed by atoms with Crippen LogP contribution in [0.1, 0.15) is 50.6 Å². The molecule has 5 rings (SSSR count). The van der Waals surface area contributed by atoms with Crippen LogP contribution in [0.3, 0.4) is 0 Å². The van der Waals surface area contributed by atoms with Crippen molar-refractivity contribution in [2.24, 2.45) is 0 Å². The molecule has 13 heteroatoms. The van der Waals surface area contributed by atoms with Gasteiger partial charge < -0.3 is 25.6 Å². The molecule has 2 heterocycles. The summed E-state index contributed by atoms with van der Waals surface area (Å²) in [5, 5.41) is 9.35. The van der Waals surface area contributed by atoms with Gasteiger partial charge in [-0.1, -0.05) is 48.0 Å². The lowest BCUT2D eigenvalue weighted by Crippen LogP contribution is -2.34. The van der Waals surface area contributed by atoms with Crippen LogP contribution in [0.2, 0.25) is 5.02 Å². The lowest BCUT2D eigenvalue weighted by Gasteiger charge is -2.25. The van der Waals surface area contributed by atoms with Crippen molar-refractivity contribution < 1.29 is 28.7 Å². The zero-order valence-electron chi connectivity index (χ0n) is 26.7. The van der Waals surface area contributed by atoms with Crippen LogP contribution in [-0.2, 0) is 32.1 Å². The standard InChI is InChI=1S/C36H33ClN4O6S2/c1-3-47-36(46)32-28-16-17-41(22(2)42)20-30(28)49-35(32)40-31(43)21-48-27-11-7-10-26(19-27)38-34(45)29(18-23-12-14-25(37)15-13-23)39-33(44)24-8-5-4-6-9-24/h4-15,18-19H,3,16-17,20-21H2,1-2H3,(H,38,45)(H,39,44)(H,40,43)/b29-18-. The second-order valence-electron chi connectivity index (χ2n) is 10.9. The number of rotatable bonds is 11. The number of fused-ring (bicyclic) bond motifs is 1. The number of benzene rings is 3. The molecule has 1 aliphatic heterocycles. The van der Waals surface area contributed by atoms with Gasteiger partial charge in [-0.25, -0.2) is 4.79 Å². The van der Waals surface area contributed by atoms with Crippen LogP contribution in [0.15, 0.2) is 89.5 Å². The largest absolute Gasteiger partial charge is 0.462 e. The monoisotopic (exact) mass is 716 g/mol. The molecule has 3 N–H and O–H groups in total. The number of anilines is 2. The molecule has 3 aromatic carbocycles. The minimum absolute atomic E-state index is 0.0241. The first kappa shape index (κ1) is 35.4. The molecule has 49 heavy (non-hydrogen) atoms.